The Morgan fingerprint density at radius 3 is 2.39 bits per heavy atom. The van der Waals surface area contributed by atoms with Crippen molar-refractivity contribution in [2.24, 2.45) is 0 Å². The number of likely N-dealkylation sites (N-methyl/N-ethyl adjacent to an activating group) is 1. The minimum atomic E-state index is -3.91. The number of benzene rings is 2. The van der Waals surface area contributed by atoms with Crippen LogP contribution >= 0.6 is 0 Å². The van der Waals surface area contributed by atoms with E-state index in [0.29, 0.717) is 22.2 Å². The molecule has 0 radical (unpaired) electrons. The predicted molar refractivity (Wildman–Crippen MR) is 107 cm³/mol. The van der Waals surface area contributed by atoms with Crippen molar-refractivity contribution in [2.45, 2.75) is 11.8 Å². The summed E-state index contributed by atoms with van der Waals surface area (Å²) in [6, 6.07) is 14.8. The van der Waals surface area contributed by atoms with Gasteiger partial charge in [0.2, 0.25) is 15.9 Å². The van der Waals surface area contributed by atoms with Crippen LogP contribution in [0.15, 0.2) is 65.7 Å². The molecule has 0 saturated carbocycles. The number of rotatable bonds is 6. The zero-order chi connectivity index (χ0) is 20.3. The van der Waals surface area contributed by atoms with E-state index in [0.717, 1.165) is 4.31 Å². The van der Waals surface area contributed by atoms with Crippen molar-refractivity contribution >= 4 is 38.3 Å². The molecule has 1 amide bonds. The largest absolute Gasteiger partial charge is 0.325 e. The zero-order valence-corrected chi connectivity index (χ0v) is 16.2. The van der Waals surface area contributed by atoms with Gasteiger partial charge in [0.25, 0.3) is 0 Å². The molecule has 0 unspecified atom stereocenters. The molecule has 0 saturated heterocycles. The molecule has 1 aromatic heterocycles. The summed E-state index contributed by atoms with van der Waals surface area (Å²) in [6.07, 6.45) is 1.53. The standard InChI is InChI=1S/C20H19N3O4S/c1-14(24)15-8-10-17(11-9-15)22-19(25)13-23(2)28(26,27)18-7-3-5-16-6-4-12-21-20(16)18/h3-12H,13H2,1-2H3,(H,22,25). The first-order valence-electron chi connectivity index (χ1n) is 8.50. The summed E-state index contributed by atoms with van der Waals surface area (Å²) in [5, 5.41) is 3.33. The Labute approximate surface area is 163 Å². The zero-order valence-electron chi connectivity index (χ0n) is 15.4. The van der Waals surface area contributed by atoms with Crippen LogP contribution < -0.4 is 5.32 Å². The quantitative estimate of drug-likeness (QED) is 0.645. The van der Waals surface area contributed by atoms with E-state index in [1.165, 1.54) is 26.2 Å². The number of sulfonamides is 1. The van der Waals surface area contributed by atoms with Gasteiger partial charge in [-0.2, -0.15) is 4.31 Å². The van der Waals surface area contributed by atoms with Crippen molar-refractivity contribution in [1.29, 1.82) is 0 Å². The van der Waals surface area contributed by atoms with Crippen LogP contribution in [0, 0.1) is 0 Å². The van der Waals surface area contributed by atoms with Crippen LogP contribution in [0.2, 0.25) is 0 Å². The molecule has 0 bridgehead atoms. The fourth-order valence-corrected chi connectivity index (χ4v) is 4.02. The number of fused-ring (bicyclic) bond motifs is 1. The number of hydrogen-bond donors (Lipinski definition) is 1. The normalized spacial score (nSPS) is 11.5. The number of anilines is 1. The first-order chi connectivity index (χ1) is 13.3. The monoisotopic (exact) mass is 397 g/mol. The lowest BCUT2D eigenvalue weighted by Crippen LogP contribution is -2.35. The van der Waals surface area contributed by atoms with E-state index in [-0.39, 0.29) is 17.2 Å². The molecule has 1 heterocycles. The minimum absolute atomic E-state index is 0.0479. The summed E-state index contributed by atoms with van der Waals surface area (Å²) in [6.45, 7) is 1.09. The van der Waals surface area contributed by atoms with Crippen LogP contribution in [-0.2, 0) is 14.8 Å². The highest BCUT2D eigenvalue weighted by Crippen LogP contribution is 2.23. The summed E-state index contributed by atoms with van der Waals surface area (Å²) >= 11 is 0. The van der Waals surface area contributed by atoms with Gasteiger partial charge in [0.05, 0.1) is 12.1 Å². The van der Waals surface area contributed by atoms with Gasteiger partial charge in [-0.3, -0.25) is 14.6 Å². The van der Waals surface area contributed by atoms with Crippen LogP contribution in [0.3, 0.4) is 0 Å². The Morgan fingerprint density at radius 2 is 1.71 bits per heavy atom. The third-order valence-electron chi connectivity index (χ3n) is 4.23. The highest BCUT2D eigenvalue weighted by Gasteiger charge is 2.25. The van der Waals surface area contributed by atoms with Crippen LogP contribution in [0.5, 0.6) is 0 Å². The molecule has 0 aliphatic rings. The van der Waals surface area contributed by atoms with Gasteiger partial charge in [-0.1, -0.05) is 18.2 Å². The van der Waals surface area contributed by atoms with Gasteiger partial charge in [0.1, 0.15) is 4.90 Å². The lowest BCUT2D eigenvalue weighted by Gasteiger charge is -2.17. The third-order valence-corrected chi connectivity index (χ3v) is 6.06. The van der Waals surface area contributed by atoms with Gasteiger partial charge >= 0.3 is 0 Å². The van der Waals surface area contributed by atoms with E-state index in [9.17, 15) is 18.0 Å². The maximum absolute atomic E-state index is 12.9. The van der Waals surface area contributed by atoms with E-state index in [4.69, 9.17) is 0 Å². The number of amides is 1. The summed E-state index contributed by atoms with van der Waals surface area (Å²) in [4.78, 5) is 27.8. The van der Waals surface area contributed by atoms with Crippen molar-refractivity contribution in [3.8, 4) is 0 Å². The lowest BCUT2D eigenvalue weighted by molar-refractivity contribution is -0.116. The number of Topliss-reactive ketones (excluding diaryl/α,β-unsaturated/α-hetero) is 1. The molecule has 0 fully saturated rings. The molecule has 7 nitrogen and oxygen atoms in total. The van der Waals surface area contributed by atoms with E-state index in [1.54, 1.807) is 48.5 Å². The van der Waals surface area contributed by atoms with Crippen molar-refractivity contribution in [3.05, 3.63) is 66.4 Å². The minimum Gasteiger partial charge on any atom is -0.325 e. The molecule has 1 N–H and O–H groups in total. The van der Waals surface area contributed by atoms with Crippen molar-refractivity contribution in [1.82, 2.24) is 9.29 Å². The third kappa shape index (κ3) is 4.08. The predicted octanol–water partition coefficient (Wildman–Crippen LogP) is 2.70. The molecule has 8 heteroatoms. The van der Waals surface area contributed by atoms with Crippen LogP contribution in [-0.4, -0.2) is 43.0 Å². The van der Waals surface area contributed by atoms with Crippen molar-refractivity contribution in [3.63, 3.8) is 0 Å². The number of nitrogens with one attached hydrogen (secondary N) is 1. The second-order valence-corrected chi connectivity index (χ2v) is 8.29. The summed E-state index contributed by atoms with van der Waals surface area (Å²) in [5.41, 5.74) is 1.37. The molecule has 3 rings (SSSR count). The van der Waals surface area contributed by atoms with Gasteiger partial charge in [-0.15, -0.1) is 0 Å². The highest BCUT2D eigenvalue weighted by molar-refractivity contribution is 7.89. The molecule has 0 spiro atoms. The molecule has 3 aromatic rings. The smallest absolute Gasteiger partial charge is 0.245 e. The average molecular weight is 397 g/mol. The fourth-order valence-electron chi connectivity index (χ4n) is 2.73. The maximum atomic E-state index is 12.9. The topological polar surface area (TPSA) is 96.4 Å². The number of ketones is 1. The number of pyridine rings is 1. The molecular formula is C20H19N3O4S. The molecular weight excluding hydrogens is 378 g/mol. The summed E-state index contributed by atoms with van der Waals surface area (Å²) in [7, 11) is -2.56. The Hall–Kier alpha value is -3.10. The second kappa shape index (κ2) is 7.87. The lowest BCUT2D eigenvalue weighted by atomic mass is 10.1. The Kier molecular flexibility index (Phi) is 5.53. The first kappa shape index (κ1) is 19.7. The number of nitrogens with zero attached hydrogens (tertiary/aromatic N) is 2. The number of carbonyl (C=O) groups is 2. The van der Waals surface area contributed by atoms with Crippen LogP contribution in [0.1, 0.15) is 17.3 Å². The number of para-hydroxylation sites is 1. The summed E-state index contributed by atoms with van der Waals surface area (Å²) < 4.78 is 26.8. The molecule has 28 heavy (non-hydrogen) atoms. The molecule has 0 atom stereocenters. The Morgan fingerprint density at radius 1 is 1.04 bits per heavy atom. The van der Waals surface area contributed by atoms with E-state index < -0.39 is 15.9 Å². The molecule has 2 aromatic carbocycles. The SMILES string of the molecule is CC(=O)c1ccc(NC(=O)CN(C)S(=O)(=O)c2cccc3cccnc23)cc1. The fraction of sp³-hybridized carbons (Fsp3) is 0.150. The summed E-state index contributed by atoms with van der Waals surface area (Å²) in [5.74, 6) is -0.567. The van der Waals surface area contributed by atoms with E-state index >= 15 is 0 Å². The molecule has 144 valence electrons. The maximum Gasteiger partial charge on any atom is 0.245 e. The molecule has 0 aliphatic carbocycles. The van der Waals surface area contributed by atoms with Crippen LogP contribution in [0.4, 0.5) is 5.69 Å². The van der Waals surface area contributed by atoms with E-state index in [2.05, 4.69) is 10.3 Å². The molecule has 0 aliphatic heterocycles. The highest BCUT2D eigenvalue weighted by atomic mass is 32.2. The number of hydrogen-bond acceptors (Lipinski definition) is 5. The van der Waals surface area contributed by atoms with Crippen LogP contribution in [0.25, 0.3) is 10.9 Å². The van der Waals surface area contributed by atoms with Gasteiger partial charge in [0.15, 0.2) is 5.78 Å². The van der Waals surface area contributed by atoms with Crippen molar-refractivity contribution < 1.29 is 18.0 Å². The average Bonchev–Trinajstić information content (AvgIpc) is 2.67. The number of carbonyl (C=O) groups excluding carboxylic acids is 2. The van der Waals surface area contributed by atoms with Gasteiger partial charge < -0.3 is 5.32 Å². The van der Waals surface area contributed by atoms with E-state index in [1.807, 2.05) is 0 Å². The Bertz CT molecular complexity index is 1140. The van der Waals surface area contributed by atoms with Crippen molar-refractivity contribution in [2.75, 3.05) is 18.9 Å². The second-order valence-electron chi connectivity index (χ2n) is 6.27. The first-order valence-corrected chi connectivity index (χ1v) is 9.94. The van der Waals surface area contributed by atoms with Gasteiger partial charge in [0, 0.05) is 29.9 Å². The van der Waals surface area contributed by atoms with Gasteiger partial charge in [-0.25, -0.2) is 8.42 Å². The van der Waals surface area contributed by atoms with Gasteiger partial charge in [-0.05, 0) is 43.3 Å². The Balaban J connectivity index is 1.76. The number of aromatic nitrogens is 1.